The number of aromatic nitrogens is 2. The quantitative estimate of drug-likeness (QED) is 0.842. The minimum absolute atomic E-state index is 0.129. The van der Waals surface area contributed by atoms with Gasteiger partial charge in [0.15, 0.2) is 10.9 Å². The first-order chi connectivity index (χ1) is 9.15. The summed E-state index contributed by atoms with van der Waals surface area (Å²) < 4.78 is 0.689. The molecule has 1 atom stereocenters. The summed E-state index contributed by atoms with van der Waals surface area (Å²) in [6, 6.07) is 10.2. The highest BCUT2D eigenvalue weighted by Crippen LogP contribution is 2.11. The van der Waals surface area contributed by atoms with Crippen molar-refractivity contribution in [2.75, 3.05) is 5.32 Å². The Kier molecular flexibility index (Phi) is 4.81. The molecule has 1 aromatic carbocycles. The monoisotopic (exact) mass is 336 g/mol. The Hall–Kier alpha value is -1.53. The maximum absolute atomic E-state index is 5.24. The molecule has 98 valence electrons. The van der Waals surface area contributed by atoms with Crippen molar-refractivity contribution in [2.24, 2.45) is 0 Å². The van der Waals surface area contributed by atoms with Crippen molar-refractivity contribution in [3.05, 3.63) is 52.9 Å². The first-order valence-electron chi connectivity index (χ1n) is 5.75. The fourth-order valence-electron chi connectivity index (χ4n) is 1.55. The number of benzene rings is 1. The Bertz CT molecular complexity index is 544. The van der Waals surface area contributed by atoms with Gasteiger partial charge >= 0.3 is 0 Å². The van der Waals surface area contributed by atoms with Crippen molar-refractivity contribution in [3.8, 4) is 0 Å². The maximum Gasteiger partial charge on any atom is 0.172 e. The lowest BCUT2D eigenvalue weighted by Crippen LogP contribution is -2.31. The van der Waals surface area contributed by atoms with Crippen LogP contribution in [0.25, 0.3) is 0 Å². The van der Waals surface area contributed by atoms with Gasteiger partial charge in [0.25, 0.3) is 0 Å². The summed E-state index contributed by atoms with van der Waals surface area (Å²) in [5.74, 6) is 0.612. The zero-order valence-corrected chi connectivity index (χ0v) is 12.7. The molecule has 19 heavy (non-hydrogen) atoms. The molecule has 2 N–H and O–H groups in total. The summed E-state index contributed by atoms with van der Waals surface area (Å²) in [6.45, 7) is 2.05. The minimum Gasteiger partial charge on any atom is -0.356 e. The largest absolute Gasteiger partial charge is 0.356 e. The molecule has 0 fully saturated rings. The van der Waals surface area contributed by atoms with Crippen LogP contribution in [0.3, 0.4) is 0 Å². The number of anilines is 1. The molecule has 2 rings (SSSR count). The summed E-state index contributed by atoms with van der Waals surface area (Å²) in [6.07, 6.45) is 3.23. The van der Waals surface area contributed by atoms with E-state index in [1.165, 1.54) is 5.56 Å². The van der Waals surface area contributed by atoms with Gasteiger partial charge in [-0.1, -0.05) is 30.3 Å². The lowest BCUT2D eigenvalue weighted by molar-refractivity contribution is 0.722. The molecule has 4 nitrogen and oxygen atoms in total. The van der Waals surface area contributed by atoms with Gasteiger partial charge in [-0.05, 0) is 40.6 Å². The van der Waals surface area contributed by atoms with E-state index in [1.807, 2.05) is 18.2 Å². The molecule has 0 aliphatic rings. The standard InChI is InChI=1S/C13H13BrN4S/c1-9(10-5-3-2-4-6-10)17-13(19)18-12-8-15-11(14)7-16-12/h2-9H,1H3,(H2,16,17,18,19)/t9-/m0/s1. The van der Waals surface area contributed by atoms with E-state index in [0.29, 0.717) is 15.5 Å². The zero-order valence-electron chi connectivity index (χ0n) is 10.3. The van der Waals surface area contributed by atoms with Gasteiger partial charge in [0.1, 0.15) is 4.60 Å². The molecule has 1 heterocycles. The van der Waals surface area contributed by atoms with Crippen molar-refractivity contribution in [1.29, 1.82) is 0 Å². The Morgan fingerprint density at radius 2 is 1.95 bits per heavy atom. The van der Waals surface area contributed by atoms with Gasteiger partial charge in [-0.3, -0.25) is 0 Å². The number of hydrogen-bond donors (Lipinski definition) is 2. The summed E-state index contributed by atoms with van der Waals surface area (Å²) >= 11 is 8.48. The second-order valence-electron chi connectivity index (χ2n) is 3.96. The molecule has 0 radical (unpaired) electrons. The van der Waals surface area contributed by atoms with E-state index in [-0.39, 0.29) is 6.04 Å². The Morgan fingerprint density at radius 3 is 2.58 bits per heavy atom. The van der Waals surface area contributed by atoms with Gasteiger partial charge in [0, 0.05) is 0 Å². The molecule has 0 spiro atoms. The van der Waals surface area contributed by atoms with Crippen molar-refractivity contribution in [1.82, 2.24) is 15.3 Å². The summed E-state index contributed by atoms with van der Waals surface area (Å²) in [7, 11) is 0. The normalized spacial score (nSPS) is 11.7. The average molecular weight is 337 g/mol. The number of halogens is 1. The minimum atomic E-state index is 0.129. The third-order valence-electron chi connectivity index (χ3n) is 2.51. The number of nitrogens with zero attached hydrogens (tertiary/aromatic N) is 2. The van der Waals surface area contributed by atoms with Gasteiger partial charge in [0.2, 0.25) is 0 Å². The molecule has 0 bridgehead atoms. The summed E-state index contributed by atoms with van der Waals surface area (Å²) in [4.78, 5) is 8.22. The fraction of sp³-hybridized carbons (Fsp3) is 0.154. The van der Waals surface area contributed by atoms with Gasteiger partial charge in [-0.15, -0.1) is 0 Å². The lowest BCUT2D eigenvalue weighted by atomic mass is 10.1. The second-order valence-corrected chi connectivity index (χ2v) is 5.18. The molecule has 2 aromatic rings. The molecule has 0 unspecified atom stereocenters. The molecule has 6 heteroatoms. The van der Waals surface area contributed by atoms with E-state index in [0.717, 1.165) is 0 Å². The predicted octanol–water partition coefficient (Wildman–Crippen LogP) is 3.29. The van der Waals surface area contributed by atoms with Crippen LogP contribution in [0.5, 0.6) is 0 Å². The number of thiocarbonyl (C=S) groups is 1. The SMILES string of the molecule is C[C@H](NC(=S)Nc1cnc(Br)cn1)c1ccccc1. The van der Waals surface area contributed by atoms with Gasteiger partial charge in [0.05, 0.1) is 18.4 Å². The van der Waals surface area contributed by atoms with E-state index in [1.54, 1.807) is 12.4 Å². The van der Waals surface area contributed by atoms with E-state index in [4.69, 9.17) is 12.2 Å². The Labute approximate surface area is 125 Å². The number of nitrogens with one attached hydrogen (secondary N) is 2. The molecule has 0 aliphatic carbocycles. The first-order valence-corrected chi connectivity index (χ1v) is 6.95. The third-order valence-corrected chi connectivity index (χ3v) is 3.14. The molecule has 0 amide bonds. The highest BCUT2D eigenvalue weighted by atomic mass is 79.9. The van der Waals surface area contributed by atoms with Crippen molar-refractivity contribution < 1.29 is 0 Å². The van der Waals surface area contributed by atoms with Crippen molar-refractivity contribution in [2.45, 2.75) is 13.0 Å². The highest BCUT2D eigenvalue weighted by Gasteiger charge is 2.06. The van der Waals surface area contributed by atoms with Crippen LogP contribution in [0.4, 0.5) is 5.82 Å². The average Bonchev–Trinajstić information content (AvgIpc) is 2.42. The molecule has 1 aromatic heterocycles. The highest BCUT2D eigenvalue weighted by molar-refractivity contribution is 9.10. The summed E-state index contributed by atoms with van der Waals surface area (Å²) in [5.41, 5.74) is 1.17. The van der Waals surface area contributed by atoms with E-state index in [9.17, 15) is 0 Å². The van der Waals surface area contributed by atoms with Crippen LogP contribution in [-0.4, -0.2) is 15.1 Å². The van der Waals surface area contributed by atoms with Crippen LogP contribution in [0.2, 0.25) is 0 Å². The van der Waals surface area contributed by atoms with Gasteiger partial charge < -0.3 is 10.6 Å². The second kappa shape index (κ2) is 6.58. The fourth-order valence-corrected chi connectivity index (χ4v) is 2.04. The van der Waals surface area contributed by atoms with Crippen LogP contribution >= 0.6 is 28.1 Å². The van der Waals surface area contributed by atoms with Gasteiger partial charge in [-0.2, -0.15) is 0 Å². The van der Waals surface area contributed by atoms with Crippen LogP contribution in [0.1, 0.15) is 18.5 Å². The van der Waals surface area contributed by atoms with Crippen LogP contribution in [0, 0.1) is 0 Å². The summed E-state index contributed by atoms with van der Waals surface area (Å²) in [5, 5.41) is 6.72. The number of hydrogen-bond acceptors (Lipinski definition) is 3. The first kappa shape index (κ1) is 13.9. The predicted molar refractivity (Wildman–Crippen MR) is 83.9 cm³/mol. The van der Waals surface area contributed by atoms with E-state index in [2.05, 4.69) is 55.6 Å². The van der Waals surface area contributed by atoms with E-state index >= 15 is 0 Å². The number of rotatable bonds is 3. The Balaban J connectivity index is 1.93. The van der Waals surface area contributed by atoms with Gasteiger partial charge in [-0.25, -0.2) is 9.97 Å². The van der Waals surface area contributed by atoms with E-state index < -0.39 is 0 Å². The Morgan fingerprint density at radius 1 is 1.21 bits per heavy atom. The lowest BCUT2D eigenvalue weighted by Gasteiger charge is -2.16. The maximum atomic E-state index is 5.24. The van der Waals surface area contributed by atoms with Crippen molar-refractivity contribution in [3.63, 3.8) is 0 Å². The molecular formula is C13H13BrN4S. The smallest absolute Gasteiger partial charge is 0.172 e. The molecular weight excluding hydrogens is 324 g/mol. The zero-order chi connectivity index (χ0) is 13.7. The topological polar surface area (TPSA) is 49.8 Å². The molecule has 0 saturated heterocycles. The van der Waals surface area contributed by atoms with Crippen LogP contribution in [0.15, 0.2) is 47.3 Å². The van der Waals surface area contributed by atoms with Crippen LogP contribution < -0.4 is 10.6 Å². The molecule has 0 saturated carbocycles. The van der Waals surface area contributed by atoms with Crippen molar-refractivity contribution >= 4 is 39.1 Å². The van der Waals surface area contributed by atoms with Crippen LogP contribution in [-0.2, 0) is 0 Å². The third kappa shape index (κ3) is 4.25. The molecule has 0 aliphatic heterocycles.